The Morgan fingerprint density at radius 3 is 2.43 bits per heavy atom. The number of carbonyl (C=O) groups excluding carboxylic acids is 2. The van der Waals surface area contributed by atoms with E-state index in [1.807, 2.05) is 11.5 Å². The Hall–Kier alpha value is -2.81. The molecule has 1 N–H and O–H groups in total. The van der Waals surface area contributed by atoms with Crippen LogP contribution in [0.5, 0.6) is 0 Å². The standard InChI is InChI=1S/C23H30N6O5S3/c1-5-28(6-2)37(32,33)18-11-9-16(10-12-18)21-26-27-23(29(21)7-3)36-15-19(30)25-22-24-17(14-35-22)13-20(31)34-8-4/h9-12,14H,5-8,13,15H2,1-4H3,(H,24,25,30). The lowest BCUT2D eigenvalue weighted by Crippen LogP contribution is -2.30. The van der Waals surface area contributed by atoms with E-state index in [4.69, 9.17) is 4.74 Å². The molecule has 3 rings (SSSR count). The second-order valence-electron chi connectivity index (χ2n) is 7.63. The zero-order valence-corrected chi connectivity index (χ0v) is 23.6. The molecule has 0 aliphatic heterocycles. The fourth-order valence-corrected chi connectivity index (χ4v) is 6.46. The Labute approximate surface area is 224 Å². The molecule has 200 valence electrons. The van der Waals surface area contributed by atoms with Gasteiger partial charge in [-0.1, -0.05) is 25.6 Å². The first-order chi connectivity index (χ1) is 17.7. The molecule has 1 amide bonds. The smallest absolute Gasteiger partial charge is 0.311 e. The van der Waals surface area contributed by atoms with Crippen molar-refractivity contribution in [1.29, 1.82) is 0 Å². The van der Waals surface area contributed by atoms with Gasteiger partial charge in [-0.3, -0.25) is 9.59 Å². The maximum Gasteiger partial charge on any atom is 0.311 e. The average Bonchev–Trinajstić information content (AvgIpc) is 3.49. The van der Waals surface area contributed by atoms with Gasteiger partial charge in [-0.2, -0.15) is 4.31 Å². The van der Waals surface area contributed by atoms with Crippen LogP contribution in [0.3, 0.4) is 0 Å². The van der Waals surface area contributed by atoms with Crippen LogP contribution in [0.15, 0.2) is 39.7 Å². The summed E-state index contributed by atoms with van der Waals surface area (Å²) in [5, 5.41) is 13.9. The molecular formula is C23H30N6O5S3. The number of aromatic nitrogens is 4. The van der Waals surface area contributed by atoms with Gasteiger partial charge in [0.05, 0.1) is 29.4 Å². The van der Waals surface area contributed by atoms with Gasteiger partial charge >= 0.3 is 5.97 Å². The van der Waals surface area contributed by atoms with Crippen molar-refractivity contribution in [3.05, 3.63) is 35.3 Å². The van der Waals surface area contributed by atoms with Crippen LogP contribution in [-0.4, -0.2) is 69.8 Å². The molecule has 0 saturated carbocycles. The average molecular weight is 567 g/mol. The van der Waals surface area contributed by atoms with E-state index in [0.29, 0.717) is 48.0 Å². The first-order valence-corrected chi connectivity index (χ1v) is 15.1. The summed E-state index contributed by atoms with van der Waals surface area (Å²) in [5.41, 5.74) is 1.26. The molecule has 37 heavy (non-hydrogen) atoms. The lowest BCUT2D eigenvalue weighted by atomic mass is 10.2. The molecule has 0 saturated heterocycles. The molecule has 0 aliphatic rings. The van der Waals surface area contributed by atoms with Crippen LogP contribution in [0.4, 0.5) is 5.13 Å². The normalized spacial score (nSPS) is 11.6. The molecule has 2 aromatic heterocycles. The Morgan fingerprint density at radius 2 is 1.81 bits per heavy atom. The predicted octanol–water partition coefficient (Wildman–Crippen LogP) is 3.29. The van der Waals surface area contributed by atoms with Gasteiger partial charge in [0.2, 0.25) is 15.9 Å². The molecule has 1 aromatic carbocycles. The monoisotopic (exact) mass is 566 g/mol. The largest absolute Gasteiger partial charge is 0.466 e. The third kappa shape index (κ3) is 7.15. The summed E-state index contributed by atoms with van der Waals surface area (Å²) < 4.78 is 33.7. The summed E-state index contributed by atoms with van der Waals surface area (Å²) in [6.07, 6.45) is 0.0553. The quantitative estimate of drug-likeness (QED) is 0.244. The van der Waals surface area contributed by atoms with Crippen molar-refractivity contribution in [1.82, 2.24) is 24.1 Å². The summed E-state index contributed by atoms with van der Waals surface area (Å²) in [5.74, 6) is 0.0448. The molecule has 2 heterocycles. The molecule has 0 unspecified atom stereocenters. The number of benzene rings is 1. The van der Waals surface area contributed by atoms with Crippen molar-refractivity contribution >= 4 is 50.1 Å². The summed E-state index contributed by atoms with van der Waals surface area (Å²) >= 11 is 2.47. The Morgan fingerprint density at radius 1 is 1.11 bits per heavy atom. The number of thiazole rings is 1. The van der Waals surface area contributed by atoms with Crippen LogP contribution >= 0.6 is 23.1 Å². The number of esters is 1. The lowest BCUT2D eigenvalue weighted by molar-refractivity contribution is -0.142. The number of carbonyl (C=O) groups is 2. The number of hydrogen-bond donors (Lipinski definition) is 1. The van der Waals surface area contributed by atoms with Gasteiger partial charge in [0.1, 0.15) is 0 Å². The van der Waals surface area contributed by atoms with E-state index in [-0.39, 0.29) is 28.9 Å². The number of amides is 1. The van der Waals surface area contributed by atoms with Crippen molar-refractivity contribution in [3.63, 3.8) is 0 Å². The van der Waals surface area contributed by atoms with Crippen molar-refractivity contribution in [2.75, 3.05) is 30.8 Å². The van der Waals surface area contributed by atoms with Gasteiger partial charge in [0, 0.05) is 30.6 Å². The molecule has 0 bridgehead atoms. The number of anilines is 1. The van der Waals surface area contributed by atoms with Crippen molar-refractivity contribution in [2.24, 2.45) is 0 Å². The van der Waals surface area contributed by atoms with Gasteiger partial charge in [0.15, 0.2) is 16.1 Å². The third-order valence-corrected chi connectivity index (χ3v) is 9.09. The Kier molecular flexibility index (Phi) is 10.2. The first-order valence-electron chi connectivity index (χ1n) is 11.8. The van der Waals surface area contributed by atoms with Gasteiger partial charge < -0.3 is 14.6 Å². The SMILES string of the molecule is CCOC(=O)Cc1csc(NC(=O)CSc2nnc(-c3ccc(S(=O)(=O)N(CC)CC)cc3)n2CC)n1. The first kappa shape index (κ1) is 28.8. The highest BCUT2D eigenvalue weighted by Gasteiger charge is 2.22. The highest BCUT2D eigenvalue weighted by atomic mass is 32.2. The minimum absolute atomic E-state index is 0.0553. The van der Waals surface area contributed by atoms with Gasteiger partial charge in [0.25, 0.3) is 0 Å². The van der Waals surface area contributed by atoms with E-state index in [0.717, 1.165) is 5.56 Å². The molecule has 0 aliphatic carbocycles. The fourth-order valence-electron chi connectivity index (χ4n) is 3.47. The van der Waals surface area contributed by atoms with E-state index >= 15 is 0 Å². The fraction of sp³-hybridized carbons (Fsp3) is 0.435. The molecule has 0 spiro atoms. The highest BCUT2D eigenvalue weighted by Crippen LogP contribution is 2.26. The number of nitrogens with zero attached hydrogens (tertiary/aromatic N) is 5. The van der Waals surface area contributed by atoms with Crippen molar-refractivity contribution in [3.8, 4) is 11.4 Å². The molecule has 0 fully saturated rings. The Balaban J connectivity index is 1.64. The summed E-state index contributed by atoms with van der Waals surface area (Å²) in [6.45, 7) is 8.95. The zero-order valence-electron chi connectivity index (χ0n) is 21.1. The number of hydrogen-bond acceptors (Lipinski definition) is 10. The highest BCUT2D eigenvalue weighted by molar-refractivity contribution is 7.99. The van der Waals surface area contributed by atoms with Crippen LogP contribution in [0.25, 0.3) is 11.4 Å². The molecule has 0 atom stereocenters. The van der Waals surface area contributed by atoms with Crippen LogP contribution in [0.2, 0.25) is 0 Å². The lowest BCUT2D eigenvalue weighted by Gasteiger charge is -2.18. The molecule has 14 heteroatoms. The number of rotatable bonds is 13. The van der Waals surface area contributed by atoms with Gasteiger partial charge in [-0.15, -0.1) is 21.5 Å². The van der Waals surface area contributed by atoms with Crippen molar-refractivity contribution in [2.45, 2.75) is 50.7 Å². The van der Waals surface area contributed by atoms with E-state index in [2.05, 4.69) is 20.5 Å². The van der Waals surface area contributed by atoms with E-state index in [1.165, 1.54) is 27.4 Å². The van der Waals surface area contributed by atoms with Crippen LogP contribution in [0, 0.1) is 0 Å². The topological polar surface area (TPSA) is 136 Å². The van der Waals surface area contributed by atoms with Crippen LogP contribution in [-0.2, 0) is 37.3 Å². The maximum atomic E-state index is 12.8. The predicted molar refractivity (Wildman–Crippen MR) is 143 cm³/mol. The van der Waals surface area contributed by atoms with E-state index < -0.39 is 10.0 Å². The van der Waals surface area contributed by atoms with Gasteiger partial charge in [-0.25, -0.2) is 13.4 Å². The number of sulfonamides is 1. The van der Waals surface area contributed by atoms with E-state index in [1.54, 1.807) is 50.4 Å². The minimum atomic E-state index is -3.55. The molecule has 3 aromatic rings. The van der Waals surface area contributed by atoms with Crippen LogP contribution < -0.4 is 5.32 Å². The summed E-state index contributed by atoms with van der Waals surface area (Å²) in [4.78, 5) is 28.5. The number of ether oxygens (including phenoxy) is 1. The second kappa shape index (κ2) is 13.1. The third-order valence-electron chi connectivity index (χ3n) is 5.25. The maximum absolute atomic E-state index is 12.8. The molecular weight excluding hydrogens is 536 g/mol. The van der Waals surface area contributed by atoms with E-state index in [9.17, 15) is 18.0 Å². The number of thioether (sulfide) groups is 1. The zero-order chi connectivity index (χ0) is 27.0. The van der Waals surface area contributed by atoms with Crippen LogP contribution in [0.1, 0.15) is 33.4 Å². The van der Waals surface area contributed by atoms with Crippen molar-refractivity contribution < 1.29 is 22.7 Å². The van der Waals surface area contributed by atoms with Gasteiger partial charge in [-0.05, 0) is 38.1 Å². The summed E-state index contributed by atoms with van der Waals surface area (Å²) in [7, 11) is -3.55. The molecule has 11 nitrogen and oxygen atoms in total. The minimum Gasteiger partial charge on any atom is -0.466 e. The second-order valence-corrected chi connectivity index (χ2v) is 11.4. The summed E-state index contributed by atoms with van der Waals surface area (Å²) in [6, 6.07) is 6.57. The Bertz CT molecular complexity index is 1320. The number of nitrogens with one attached hydrogen (secondary N) is 1. The molecule has 0 radical (unpaired) electrons.